The molecule has 16 rings (SSSR count). The van der Waals surface area contributed by atoms with Crippen LogP contribution in [0, 0.1) is 17.9 Å². The number of fused-ring (bicyclic) bond motifs is 18. The standard InChI is InChI=1S/C68H36N4S3/c1-70-60-58(40-19-7-3-8-20-40)53(38-69)61(71-54-36-29-42(39-17-5-2-6-18-39)37-52(54)48-32-35-49-43-23-11-14-26-55(43)73-66(49)62(48)71)59(41-21-9-4-10-22-41)65(60)72-63-46(30-33-50-44-24-12-15-27-56(44)74-67(50)63)47-31-34-51-45-25-13-16-28-57(45)75-68(51)64(47)72/h2-37H. The molecule has 0 fully saturated rings. The second-order valence-electron chi connectivity index (χ2n) is 19.2. The lowest BCUT2D eigenvalue weighted by atomic mass is 9.88. The summed E-state index contributed by atoms with van der Waals surface area (Å²) in [6.07, 6.45) is 0. The zero-order valence-electron chi connectivity index (χ0n) is 39.8. The first-order valence-corrected chi connectivity index (χ1v) is 27.4. The van der Waals surface area contributed by atoms with Gasteiger partial charge in [-0.15, -0.1) is 34.0 Å². The minimum atomic E-state index is 0.425. The van der Waals surface area contributed by atoms with Gasteiger partial charge in [-0.3, -0.25) is 0 Å². The van der Waals surface area contributed by atoms with Crippen molar-refractivity contribution in [2.75, 3.05) is 0 Å². The van der Waals surface area contributed by atoms with E-state index in [4.69, 9.17) is 4.85 Å². The van der Waals surface area contributed by atoms with E-state index >= 15 is 0 Å². The third kappa shape index (κ3) is 5.89. The Balaban J connectivity index is 1.20. The van der Waals surface area contributed by atoms with E-state index in [-0.39, 0.29) is 0 Å². The van der Waals surface area contributed by atoms with Crippen molar-refractivity contribution in [1.29, 1.82) is 5.26 Å². The van der Waals surface area contributed by atoms with Crippen LogP contribution in [-0.2, 0) is 0 Å². The largest absolute Gasteiger partial charge is 0.316 e. The van der Waals surface area contributed by atoms with Gasteiger partial charge in [0.1, 0.15) is 6.07 Å². The molecule has 0 spiro atoms. The van der Waals surface area contributed by atoms with Crippen LogP contribution in [0.3, 0.4) is 0 Å². The van der Waals surface area contributed by atoms with Crippen LogP contribution in [0.25, 0.3) is 154 Å². The highest BCUT2D eigenvalue weighted by Crippen LogP contribution is 2.56. The van der Waals surface area contributed by atoms with Crippen LogP contribution in [0.15, 0.2) is 218 Å². The van der Waals surface area contributed by atoms with E-state index in [1.807, 2.05) is 18.2 Å². The van der Waals surface area contributed by atoms with Gasteiger partial charge in [0.2, 0.25) is 5.69 Å². The molecule has 5 aromatic heterocycles. The average Bonchev–Trinajstić information content (AvgIpc) is 4.31. The summed E-state index contributed by atoms with van der Waals surface area (Å²) in [5.74, 6) is 0. The maximum atomic E-state index is 12.3. The molecule has 0 aliphatic rings. The van der Waals surface area contributed by atoms with Gasteiger partial charge >= 0.3 is 0 Å². The van der Waals surface area contributed by atoms with Crippen molar-refractivity contribution >= 4 is 144 Å². The Morgan fingerprint density at radius 1 is 0.360 bits per heavy atom. The molecule has 0 saturated heterocycles. The summed E-state index contributed by atoms with van der Waals surface area (Å²) in [5, 5.41) is 23.8. The first-order chi connectivity index (χ1) is 37.2. The van der Waals surface area contributed by atoms with Crippen LogP contribution in [0.1, 0.15) is 5.56 Å². The lowest BCUT2D eigenvalue weighted by molar-refractivity contribution is 1.14. The topological polar surface area (TPSA) is 38.0 Å². The molecule has 11 aromatic carbocycles. The second-order valence-corrected chi connectivity index (χ2v) is 22.4. The monoisotopic (exact) mass is 1000 g/mol. The van der Waals surface area contributed by atoms with Crippen LogP contribution < -0.4 is 0 Å². The van der Waals surface area contributed by atoms with E-state index in [0.717, 1.165) is 102 Å². The Bertz CT molecular complexity index is 5070. The Morgan fingerprint density at radius 2 is 0.773 bits per heavy atom. The number of nitriles is 1. The molecule has 0 amide bonds. The smallest absolute Gasteiger partial charge is 0.220 e. The number of benzene rings is 11. The molecule has 75 heavy (non-hydrogen) atoms. The molecule has 346 valence electrons. The fourth-order valence-electron chi connectivity index (χ4n) is 12.2. The van der Waals surface area contributed by atoms with E-state index in [9.17, 15) is 11.8 Å². The molecule has 0 aliphatic heterocycles. The Labute approximate surface area is 441 Å². The van der Waals surface area contributed by atoms with Crippen molar-refractivity contribution in [3.63, 3.8) is 0 Å². The molecule has 16 aromatic rings. The number of aromatic nitrogens is 2. The molecule has 0 saturated carbocycles. The fourth-order valence-corrected chi connectivity index (χ4v) is 15.9. The molecule has 5 heterocycles. The van der Waals surface area contributed by atoms with Crippen molar-refractivity contribution in [3.05, 3.63) is 235 Å². The predicted molar refractivity (Wildman–Crippen MR) is 321 cm³/mol. The van der Waals surface area contributed by atoms with Crippen LogP contribution in [0.2, 0.25) is 0 Å². The normalized spacial score (nSPS) is 12.0. The summed E-state index contributed by atoms with van der Waals surface area (Å²) < 4.78 is 11.9. The predicted octanol–water partition coefficient (Wildman–Crippen LogP) is 20.4. The summed E-state index contributed by atoms with van der Waals surface area (Å²) in [6.45, 7) is 9.61. The maximum absolute atomic E-state index is 12.3. The van der Waals surface area contributed by atoms with E-state index < -0.39 is 0 Å². The van der Waals surface area contributed by atoms with Gasteiger partial charge in [-0.2, -0.15) is 5.26 Å². The molecular weight excluding hydrogens is 969 g/mol. The Morgan fingerprint density at radius 3 is 1.25 bits per heavy atom. The zero-order chi connectivity index (χ0) is 49.5. The van der Waals surface area contributed by atoms with E-state index in [1.54, 1.807) is 34.0 Å². The van der Waals surface area contributed by atoms with Gasteiger partial charge in [0, 0.05) is 79.1 Å². The van der Waals surface area contributed by atoms with E-state index in [1.165, 1.54) is 41.0 Å². The molecule has 0 aliphatic carbocycles. The fraction of sp³-hybridized carbons (Fsp3) is 0. The molecule has 4 nitrogen and oxygen atoms in total. The third-order valence-electron chi connectivity index (χ3n) is 15.4. The van der Waals surface area contributed by atoms with E-state index in [0.29, 0.717) is 16.8 Å². The van der Waals surface area contributed by atoms with Gasteiger partial charge in [0.15, 0.2) is 0 Å². The number of rotatable bonds is 5. The quantitative estimate of drug-likeness (QED) is 0.158. The first kappa shape index (κ1) is 42.2. The lowest BCUT2D eigenvalue weighted by Crippen LogP contribution is -2.09. The Kier molecular flexibility index (Phi) is 9.05. The van der Waals surface area contributed by atoms with Crippen LogP contribution in [-0.4, -0.2) is 9.13 Å². The van der Waals surface area contributed by atoms with Crippen LogP contribution in [0.4, 0.5) is 5.69 Å². The van der Waals surface area contributed by atoms with Crippen molar-refractivity contribution in [3.8, 4) is 50.8 Å². The number of hydrogen-bond acceptors (Lipinski definition) is 4. The van der Waals surface area contributed by atoms with Crippen molar-refractivity contribution in [2.24, 2.45) is 0 Å². The molecule has 7 heteroatoms. The highest BCUT2D eigenvalue weighted by molar-refractivity contribution is 7.27. The lowest BCUT2D eigenvalue weighted by Gasteiger charge is -2.26. The molecule has 0 N–H and O–H groups in total. The van der Waals surface area contributed by atoms with Gasteiger partial charge in [-0.25, -0.2) is 4.85 Å². The number of thiophene rings is 3. The van der Waals surface area contributed by atoms with Crippen LogP contribution >= 0.6 is 34.0 Å². The van der Waals surface area contributed by atoms with Gasteiger partial charge in [0.05, 0.1) is 59.7 Å². The van der Waals surface area contributed by atoms with Gasteiger partial charge < -0.3 is 9.13 Å². The molecular formula is C68H36N4S3. The summed E-state index contributed by atoms with van der Waals surface area (Å²) in [5.41, 5.74) is 11.8. The zero-order valence-corrected chi connectivity index (χ0v) is 42.2. The SMILES string of the molecule is [C-]#[N+]c1c(-c2ccccc2)c(C#N)c(-n2c3ccc(-c4ccccc4)cc3c3ccc4c5ccccc5sc4c32)c(-c2ccccc2)c1-n1c2c(ccc3c4ccccc4sc32)c2ccc3c4ccccc4sc3c21. The third-order valence-corrected chi connectivity index (χ3v) is 19.0. The average molecular weight is 1010 g/mol. The van der Waals surface area contributed by atoms with Crippen molar-refractivity contribution < 1.29 is 0 Å². The minimum Gasteiger partial charge on any atom is -0.316 e. The molecule has 0 bridgehead atoms. The first-order valence-electron chi connectivity index (χ1n) is 24.9. The molecule has 0 atom stereocenters. The highest BCUT2D eigenvalue weighted by atomic mass is 32.1. The summed E-state index contributed by atoms with van der Waals surface area (Å²) in [7, 11) is 0. The number of hydrogen-bond donors (Lipinski definition) is 0. The van der Waals surface area contributed by atoms with Crippen molar-refractivity contribution in [1.82, 2.24) is 9.13 Å². The summed E-state index contributed by atoms with van der Waals surface area (Å²) in [4.78, 5) is 4.71. The van der Waals surface area contributed by atoms with Gasteiger partial charge in [0.25, 0.3) is 0 Å². The van der Waals surface area contributed by atoms with Crippen LogP contribution in [0.5, 0.6) is 0 Å². The second kappa shape index (κ2) is 16.1. The van der Waals surface area contributed by atoms with Gasteiger partial charge in [-0.05, 0) is 52.6 Å². The summed E-state index contributed by atoms with van der Waals surface area (Å²) in [6, 6.07) is 80.7. The minimum absolute atomic E-state index is 0.425. The maximum Gasteiger partial charge on any atom is 0.220 e. The molecule has 0 radical (unpaired) electrons. The molecule has 0 unspecified atom stereocenters. The summed E-state index contributed by atoms with van der Waals surface area (Å²) >= 11 is 5.41. The van der Waals surface area contributed by atoms with Crippen molar-refractivity contribution in [2.45, 2.75) is 0 Å². The van der Waals surface area contributed by atoms with Gasteiger partial charge in [-0.1, -0.05) is 188 Å². The highest BCUT2D eigenvalue weighted by Gasteiger charge is 2.33. The Hall–Kier alpha value is -9.34. The number of nitrogens with zero attached hydrogens (tertiary/aromatic N) is 4. The van der Waals surface area contributed by atoms with E-state index in [2.05, 4.69) is 215 Å².